The molecule has 0 aliphatic rings. The summed E-state index contributed by atoms with van der Waals surface area (Å²) in [5.41, 5.74) is 0. The fraction of sp³-hybridized carbons (Fsp3) is 0. The predicted molar refractivity (Wildman–Crippen MR) is 53.9 cm³/mol. The van der Waals surface area contributed by atoms with Gasteiger partial charge in [0.1, 0.15) is 0 Å². The minimum absolute atomic E-state index is 0.196. The van der Waals surface area contributed by atoms with Gasteiger partial charge in [0, 0.05) is 4.70 Å². The van der Waals surface area contributed by atoms with E-state index in [1.54, 1.807) is 6.07 Å². The highest BCUT2D eigenvalue weighted by Crippen LogP contribution is 2.19. The molecule has 1 aromatic heterocycles. The summed E-state index contributed by atoms with van der Waals surface area (Å²) < 4.78 is 1.13. The molecule has 0 unspecified atom stereocenters. The molecule has 1 aromatic carbocycles. The lowest BCUT2D eigenvalue weighted by atomic mass is 9.78. The van der Waals surface area contributed by atoms with Crippen molar-refractivity contribution in [2.24, 2.45) is 0 Å². The first-order valence-electron chi connectivity index (χ1n) is 3.88. The van der Waals surface area contributed by atoms with Crippen LogP contribution in [0.2, 0.25) is 0 Å². The standard InChI is InChI=1S/C8H8BO3S/c10-9(11,12)8-5-6-3-1-2-4-7(6)13-8/h1-5,10-12H/q-1. The van der Waals surface area contributed by atoms with Crippen molar-refractivity contribution >= 4 is 33.0 Å². The summed E-state index contributed by atoms with van der Waals surface area (Å²) in [5, 5.41) is 27.8. The molecular formula is C8H8BO3S-. The molecule has 0 saturated carbocycles. The van der Waals surface area contributed by atoms with E-state index in [9.17, 15) is 0 Å². The summed E-state index contributed by atoms with van der Waals surface area (Å²) >= 11 is 1.18. The van der Waals surface area contributed by atoms with Gasteiger partial charge in [-0.15, -0.1) is 0 Å². The molecule has 0 aliphatic heterocycles. The normalized spacial score (nSPS) is 12.2. The van der Waals surface area contributed by atoms with E-state index in [4.69, 9.17) is 15.1 Å². The summed E-state index contributed by atoms with van der Waals surface area (Å²) in [4.78, 5) is 0. The predicted octanol–water partition coefficient (Wildman–Crippen LogP) is 0.0241. The molecule has 68 valence electrons. The van der Waals surface area contributed by atoms with Gasteiger partial charge in [0.15, 0.2) is 0 Å². The van der Waals surface area contributed by atoms with E-state index in [0.717, 1.165) is 10.1 Å². The number of fused-ring (bicyclic) bond motifs is 1. The molecule has 0 fully saturated rings. The van der Waals surface area contributed by atoms with Crippen LogP contribution in [0.1, 0.15) is 0 Å². The number of hydrogen-bond donors (Lipinski definition) is 3. The highest BCUT2D eigenvalue weighted by Gasteiger charge is 2.20. The molecule has 2 rings (SSSR count). The second-order valence-electron chi connectivity index (χ2n) is 2.92. The molecule has 3 nitrogen and oxygen atoms in total. The molecule has 0 amide bonds. The molecule has 0 radical (unpaired) electrons. The monoisotopic (exact) mass is 195 g/mol. The Morgan fingerprint density at radius 3 is 2.38 bits per heavy atom. The lowest BCUT2D eigenvalue weighted by molar-refractivity contribution is 0.251. The molecule has 1 heterocycles. The molecule has 13 heavy (non-hydrogen) atoms. The molecule has 0 bridgehead atoms. The highest BCUT2D eigenvalue weighted by atomic mass is 32.1. The van der Waals surface area contributed by atoms with Gasteiger partial charge in [-0.2, -0.15) is 11.3 Å². The van der Waals surface area contributed by atoms with Gasteiger partial charge in [-0.3, -0.25) is 0 Å². The summed E-state index contributed by atoms with van der Waals surface area (Å²) in [6, 6.07) is 9.03. The van der Waals surface area contributed by atoms with Crippen molar-refractivity contribution < 1.29 is 15.1 Å². The zero-order valence-corrected chi connectivity index (χ0v) is 7.53. The van der Waals surface area contributed by atoms with Gasteiger partial charge in [-0.05, 0) is 11.5 Å². The van der Waals surface area contributed by atoms with Crippen molar-refractivity contribution in [3.05, 3.63) is 30.3 Å². The van der Waals surface area contributed by atoms with Crippen LogP contribution in [0.25, 0.3) is 10.1 Å². The zero-order chi connectivity index (χ0) is 9.47. The van der Waals surface area contributed by atoms with Crippen LogP contribution in [0.4, 0.5) is 0 Å². The summed E-state index contributed by atoms with van der Waals surface area (Å²) in [7, 11) is 0. The average Bonchev–Trinajstić information content (AvgIpc) is 2.45. The largest absolute Gasteiger partial charge is 0.555 e. The Kier molecular flexibility index (Phi) is 1.89. The Morgan fingerprint density at radius 2 is 1.77 bits per heavy atom. The van der Waals surface area contributed by atoms with E-state index in [-0.39, 0.29) is 4.78 Å². The summed E-state index contributed by atoms with van der Waals surface area (Å²) in [6.07, 6.45) is 0. The van der Waals surface area contributed by atoms with E-state index in [2.05, 4.69) is 0 Å². The fourth-order valence-corrected chi connectivity index (χ4v) is 2.18. The Labute approximate surface area is 78.9 Å². The van der Waals surface area contributed by atoms with Crippen molar-refractivity contribution in [1.29, 1.82) is 0 Å². The highest BCUT2D eigenvalue weighted by molar-refractivity contribution is 7.29. The second-order valence-corrected chi connectivity index (χ2v) is 4.04. The van der Waals surface area contributed by atoms with Gasteiger partial charge in [0.05, 0.1) is 0 Å². The van der Waals surface area contributed by atoms with E-state index < -0.39 is 6.75 Å². The van der Waals surface area contributed by atoms with E-state index in [1.807, 2.05) is 24.3 Å². The van der Waals surface area contributed by atoms with E-state index in [1.165, 1.54) is 11.3 Å². The van der Waals surface area contributed by atoms with Crippen LogP contribution in [0, 0.1) is 0 Å². The number of benzene rings is 1. The molecule has 0 aliphatic carbocycles. The van der Waals surface area contributed by atoms with Crippen LogP contribution in [-0.4, -0.2) is 21.8 Å². The van der Waals surface area contributed by atoms with Crippen molar-refractivity contribution in [3.8, 4) is 0 Å². The van der Waals surface area contributed by atoms with Crippen molar-refractivity contribution in [2.75, 3.05) is 0 Å². The third-order valence-electron chi connectivity index (χ3n) is 1.83. The molecule has 2 aromatic rings. The van der Waals surface area contributed by atoms with Crippen LogP contribution >= 0.6 is 11.3 Å². The van der Waals surface area contributed by atoms with Gasteiger partial charge in [0.25, 0.3) is 0 Å². The third kappa shape index (κ3) is 1.59. The lowest BCUT2D eigenvalue weighted by Crippen LogP contribution is -2.46. The third-order valence-corrected chi connectivity index (χ3v) is 3.09. The Hall–Kier alpha value is -0.875. The van der Waals surface area contributed by atoms with Gasteiger partial charge in [0.2, 0.25) is 0 Å². The first-order chi connectivity index (χ1) is 6.07. The Balaban J connectivity index is 2.63. The summed E-state index contributed by atoms with van der Waals surface area (Å²) in [6.45, 7) is -3.34. The number of thiophene rings is 1. The first-order valence-corrected chi connectivity index (χ1v) is 4.69. The smallest absolute Gasteiger partial charge is 0.412 e. The van der Waals surface area contributed by atoms with Crippen LogP contribution in [0.15, 0.2) is 30.3 Å². The van der Waals surface area contributed by atoms with E-state index >= 15 is 0 Å². The SMILES string of the molecule is O[B-](O)(O)c1cc2ccccc2s1. The Morgan fingerprint density at radius 1 is 1.08 bits per heavy atom. The molecule has 3 N–H and O–H groups in total. The Bertz CT molecular complexity index is 399. The number of hydrogen-bond acceptors (Lipinski definition) is 4. The number of rotatable bonds is 1. The molecule has 0 spiro atoms. The zero-order valence-electron chi connectivity index (χ0n) is 6.71. The second kappa shape index (κ2) is 2.82. The van der Waals surface area contributed by atoms with Gasteiger partial charge in [-0.1, -0.05) is 29.0 Å². The maximum atomic E-state index is 8.97. The first kappa shape index (κ1) is 8.71. The van der Waals surface area contributed by atoms with Crippen LogP contribution in [-0.2, 0) is 0 Å². The minimum atomic E-state index is -3.34. The maximum Gasteiger partial charge on any atom is 0.412 e. The topological polar surface area (TPSA) is 60.7 Å². The maximum absolute atomic E-state index is 8.97. The molecule has 0 saturated heterocycles. The average molecular weight is 195 g/mol. The van der Waals surface area contributed by atoms with Crippen molar-refractivity contribution in [3.63, 3.8) is 0 Å². The minimum Gasteiger partial charge on any atom is -0.555 e. The molecule has 0 atom stereocenters. The van der Waals surface area contributed by atoms with Crippen LogP contribution in [0.5, 0.6) is 0 Å². The van der Waals surface area contributed by atoms with Crippen molar-refractivity contribution in [2.45, 2.75) is 0 Å². The molecular weight excluding hydrogens is 187 g/mol. The van der Waals surface area contributed by atoms with Gasteiger partial charge >= 0.3 is 6.75 Å². The molecule has 5 heteroatoms. The van der Waals surface area contributed by atoms with Gasteiger partial charge in [-0.25, -0.2) is 0 Å². The van der Waals surface area contributed by atoms with Gasteiger partial charge < -0.3 is 15.1 Å². The lowest BCUT2D eigenvalue weighted by Gasteiger charge is -2.17. The quantitative estimate of drug-likeness (QED) is 0.562. The van der Waals surface area contributed by atoms with Crippen molar-refractivity contribution in [1.82, 2.24) is 0 Å². The summed E-state index contributed by atoms with van der Waals surface area (Å²) in [5.74, 6) is 0. The van der Waals surface area contributed by atoms with Crippen LogP contribution < -0.4 is 4.78 Å². The van der Waals surface area contributed by atoms with E-state index in [0.29, 0.717) is 0 Å². The fourth-order valence-electron chi connectivity index (χ4n) is 1.19. The van der Waals surface area contributed by atoms with Crippen LogP contribution in [0.3, 0.4) is 0 Å².